The second-order valence-electron chi connectivity index (χ2n) is 10.8. The minimum Gasteiger partial charge on any atom is -0.243 e. The van der Waals surface area contributed by atoms with E-state index in [4.69, 9.17) is 9.97 Å². The van der Waals surface area contributed by atoms with Gasteiger partial charge in [0.15, 0.2) is 0 Å². The minimum absolute atomic E-state index is 0.753. The van der Waals surface area contributed by atoms with Gasteiger partial charge in [-0.3, -0.25) is 0 Å². The number of thiophene rings is 2. The van der Waals surface area contributed by atoms with Gasteiger partial charge in [0, 0.05) is 9.75 Å². The standard InChI is InChI=1S/C32H40N4S3/c1-5-9-11-21(7-3)17-23-13-15-29(37-23)31-32(30-16-14-24(38-30)18-22(8-4)12-10-6-2)34-26-20-28-27(35-39-36-28)19-25(26)33-31/h13-16,19-22H,5-12,17-18H2,1-4H3. The zero-order valence-corrected chi connectivity index (χ0v) is 26.2. The van der Waals surface area contributed by atoms with E-state index in [2.05, 4.69) is 60.7 Å². The summed E-state index contributed by atoms with van der Waals surface area (Å²) in [7, 11) is 0. The molecule has 0 aliphatic rings. The molecule has 206 valence electrons. The van der Waals surface area contributed by atoms with E-state index in [-0.39, 0.29) is 0 Å². The Morgan fingerprint density at radius 2 is 1.08 bits per heavy atom. The molecule has 5 rings (SSSR count). The highest BCUT2D eigenvalue weighted by molar-refractivity contribution is 7.16. The maximum Gasteiger partial charge on any atom is 0.108 e. The molecule has 0 aliphatic heterocycles. The molecular formula is C32H40N4S3. The zero-order chi connectivity index (χ0) is 27.2. The third-order valence-corrected chi connectivity index (χ3v) is 10.7. The van der Waals surface area contributed by atoms with E-state index in [1.165, 1.54) is 82.6 Å². The summed E-state index contributed by atoms with van der Waals surface area (Å²) in [5, 5.41) is 0. The fourth-order valence-electron chi connectivity index (χ4n) is 5.36. The minimum atomic E-state index is 0.753. The number of unbranched alkanes of at least 4 members (excludes halogenated alkanes) is 2. The third-order valence-electron chi connectivity index (χ3n) is 7.90. The monoisotopic (exact) mass is 576 g/mol. The summed E-state index contributed by atoms with van der Waals surface area (Å²) in [5.74, 6) is 1.51. The molecule has 4 nitrogen and oxygen atoms in total. The van der Waals surface area contributed by atoms with Gasteiger partial charge in [0.25, 0.3) is 0 Å². The van der Waals surface area contributed by atoms with Crippen molar-refractivity contribution in [3.8, 4) is 21.1 Å². The molecule has 0 saturated heterocycles. The van der Waals surface area contributed by atoms with Crippen LogP contribution >= 0.6 is 34.4 Å². The Morgan fingerprint density at radius 1 is 0.615 bits per heavy atom. The van der Waals surface area contributed by atoms with Gasteiger partial charge < -0.3 is 0 Å². The summed E-state index contributed by atoms with van der Waals surface area (Å²) in [4.78, 5) is 15.8. The lowest BCUT2D eigenvalue weighted by Gasteiger charge is -2.13. The normalized spacial score (nSPS) is 13.4. The van der Waals surface area contributed by atoms with E-state index in [1.54, 1.807) is 0 Å². The quantitative estimate of drug-likeness (QED) is 0.132. The summed E-state index contributed by atoms with van der Waals surface area (Å²) < 4.78 is 8.90. The summed E-state index contributed by atoms with van der Waals surface area (Å²) in [6.07, 6.45) is 12.6. The molecule has 0 spiro atoms. The van der Waals surface area contributed by atoms with E-state index >= 15 is 0 Å². The summed E-state index contributed by atoms with van der Waals surface area (Å²) >= 11 is 5.03. The fourth-order valence-corrected chi connectivity index (χ4v) is 8.10. The number of rotatable bonds is 14. The van der Waals surface area contributed by atoms with Gasteiger partial charge in [-0.15, -0.1) is 22.7 Å². The Labute approximate surface area is 245 Å². The second kappa shape index (κ2) is 13.4. The van der Waals surface area contributed by atoms with Gasteiger partial charge in [0.1, 0.15) is 22.4 Å². The molecule has 4 heterocycles. The van der Waals surface area contributed by atoms with E-state index in [0.29, 0.717) is 0 Å². The van der Waals surface area contributed by atoms with Gasteiger partial charge in [0.05, 0.1) is 32.5 Å². The van der Waals surface area contributed by atoms with Crippen LogP contribution in [-0.4, -0.2) is 18.7 Å². The second-order valence-corrected chi connectivity index (χ2v) is 13.7. The van der Waals surface area contributed by atoms with E-state index in [1.807, 2.05) is 34.8 Å². The van der Waals surface area contributed by atoms with E-state index in [9.17, 15) is 0 Å². The first-order valence-corrected chi connectivity index (χ1v) is 17.1. The van der Waals surface area contributed by atoms with Crippen molar-refractivity contribution in [2.24, 2.45) is 11.8 Å². The molecule has 0 N–H and O–H groups in total. The molecular weight excluding hydrogens is 537 g/mol. The topological polar surface area (TPSA) is 51.6 Å². The number of nitrogens with zero attached hydrogens (tertiary/aromatic N) is 4. The molecule has 0 aliphatic carbocycles. The molecule has 0 fully saturated rings. The first kappa shape index (κ1) is 28.3. The zero-order valence-electron chi connectivity index (χ0n) is 23.7. The van der Waals surface area contributed by atoms with Crippen LogP contribution in [0.25, 0.3) is 43.2 Å². The van der Waals surface area contributed by atoms with E-state index in [0.717, 1.165) is 58.1 Å². The Balaban J connectivity index is 1.52. The van der Waals surface area contributed by atoms with Crippen LogP contribution in [0.5, 0.6) is 0 Å². The molecule has 2 atom stereocenters. The maximum absolute atomic E-state index is 5.23. The van der Waals surface area contributed by atoms with Crippen LogP contribution in [-0.2, 0) is 12.8 Å². The molecule has 4 aromatic heterocycles. The molecule has 0 amide bonds. The summed E-state index contributed by atoms with van der Waals surface area (Å²) in [6, 6.07) is 13.2. The van der Waals surface area contributed by atoms with Crippen LogP contribution in [0.4, 0.5) is 0 Å². The van der Waals surface area contributed by atoms with Crippen LogP contribution in [0.15, 0.2) is 36.4 Å². The average molecular weight is 577 g/mol. The number of benzene rings is 1. The largest absolute Gasteiger partial charge is 0.243 e. The van der Waals surface area contributed by atoms with Crippen molar-refractivity contribution in [2.45, 2.75) is 91.9 Å². The highest BCUT2D eigenvalue weighted by Gasteiger charge is 2.19. The van der Waals surface area contributed by atoms with Crippen LogP contribution < -0.4 is 0 Å². The van der Waals surface area contributed by atoms with Crippen molar-refractivity contribution in [3.63, 3.8) is 0 Å². The number of hydrogen-bond acceptors (Lipinski definition) is 7. The number of aromatic nitrogens is 4. The fraction of sp³-hybridized carbons (Fsp3) is 0.500. The first-order valence-electron chi connectivity index (χ1n) is 14.7. The molecule has 0 bridgehead atoms. The average Bonchev–Trinajstić information content (AvgIpc) is 3.72. The molecule has 7 heteroatoms. The molecule has 5 aromatic rings. The number of hydrogen-bond donors (Lipinski definition) is 0. The van der Waals surface area contributed by atoms with Crippen molar-refractivity contribution in [1.29, 1.82) is 0 Å². The van der Waals surface area contributed by atoms with Crippen LogP contribution in [0.3, 0.4) is 0 Å². The molecule has 0 radical (unpaired) electrons. The van der Waals surface area contributed by atoms with Crippen LogP contribution in [0, 0.1) is 11.8 Å². The van der Waals surface area contributed by atoms with Gasteiger partial charge >= 0.3 is 0 Å². The molecule has 0 saturated carbocycles. The van der Waals surface area contributed by atoms with Crippen molar-refractivity contribution in [3.05, 3.63) is 46.2 Å². The van der Waals surface area contributed by atoms with Gasteiger partial charge in [-0.1, -0.05) is 79.1 Å². The van der Waals surface area contributed by atoms with Crippen LogP contribution in [0.2, 0.25) is 0 Å². The highest BCUT2D eigenvalue weighted by atomic mass is 32.1. The van der Waals surface area contributed by atoms with Gasteiger partial charge in [0.2, 0.25) is 0 Å². The summed E-state index contributed by atoms with van der Waals surface area (Å²) in [6.45, 7) is 9.23. The lowest BCUT2D eigenvalue weighted by atomic mass is 9.95. The van der Waals surface area contributed by atoms with E-state index < -0.39 is 0 Å². The molecule has 2 unspecified atom stereocenters. The smallest absolute Gasteiger partial charge is 0.108 e. The molecule has 1 aromatic carbocycles. The van der Waals surface area contributed by atoms with Crippen molar-refractivity contribution in [1.82, 2.24) is 18.7 Å². The number of fused-ring (bicyclic) bond motifs is 2. The maximum atomic E-state index is 5.23. The first-order chi connectivity index (χ1) is 19.1. The third kappa shape index (κ3) is 6.75. The predicted octanol–water partition coefficient (Wildman–Crippen LogP) is 10.6. The lowest BCUT2D eigenvalue weighted by molar-refractivity contribution is 0.452. The van der Waals surface area contributed by atoms with Crippen molar-refractivity contribution in [2.75, 3.05) is 0 Å². The Hall–Kier alpha value is -2.22. The lowest BCUT2D eigenvalue weighted by Crippen LogP contribution is -2.01. The van der Waals surface area contributed by atoms with Crippen LogP contribution in [0.1, 0.15) is 88.8 Å². The van der Waals surface area contributed by atoms with Gasteiger partial charge in [-0.25, -0.2) is 9.97 Å². The Kier molecular flexibility index (Phi) is 9.75. The predicted molar refractivity (Wildman–Crippen MR) is 171 cm³/mol. The SMILES string of the molecule is CCCCC(CC)Cc1ccc(-c2nc3cc4nsnc4cc3nc2-c2ccc(CC(CC)CCCC)s2)s1. The van der Waals surface area contributed by atoms with Crippen molar-refractivity contribution >= 4 is 56.5 Å². The highest BCUT2D eigenvalue weighted by Crippen LogP contribution is 2.39. The molecule has 39 heavy (non-hydrogen) atoms. The van der Waals surface area contributed by atoms with Crippen molar-refractivity contribution < 1.29 is 0 Å². The Bertz CT molecular complexity index is 1390. The Morgan fingerprint density at radius 3 is 1.49 bits per heavy atom. The van der Waals surface area contributed by atoms with Gasteiger partial charge in [-0.2, -0.15) is 8.75 Å². The van der Waals surface area contributed by atoms with Gasteiger partial charge in [-0.05, 0) is 61.1 Å². The summed E-state index contributed by atoms with van der Waals surface area (Å²) in [5.41, 5.74) is 5.56.